The van der Waals surface area contributed by atoms with Crippen molar-refractivity contribution in [3.63, 3.8) is 0 Å². The molecule has 0 N–H and O–H groups in total. The molecule has 4 aromatic rings. The van der Waals surface area contributed by atoms with Crippen molar-refractivity contribution in [2.75, 3.05) is 13.1 Å². The van der Waals surface area contributed by atoms with Crippen molar-refractivity contribution in [1.29, 1.82) is 0 Å². The number of aryl methyl sites for hydroxylation is 3. The van der Waals surface area contributed by atoms with Crippen LogP contribution in [-0.2, 0) is 20.6 Å². The Bertz CT molecular complexity index is 1300. The number of amides is 1. The van der Waals surface area contributed by atoms with Gasteiger partial charge in [-0.25, -0.2) is 9.97 Å². The molecule has 166 valence electrons. The average Bonchev–Trinajstić information content (AvgIpc) is 3.56. The van der Waals surface area contributed by atoms with Gasteiger partial charge in [0.15, 0.2) is 11.2 Å². The maximum Gasteiger partial charge on any atom is 0.257 e. The number of carbonyl (C=O) groups is 1. The summed E-state index contributed by atoms with van der Waals surface area (Å²) in [5, 5.41) is 8.51. The van der Waals surface area contributed by atoms with Gasteiger partial charge in [-0.3, -0.25) is 14.2 Å². The number of hydrogen-bond acceptors (Lipinski definition) is 7. The van der Waals surface area contributed by atoms with E-state index in [9.17, 15) is 4.79 Å². The molecule has 0 aliphatic carbocycles. The fourth-order valence-electron chi connectivity index (χ4n) is 4.17. The molecule has 1 unspecified atom stereocenters. The molecule has 32 heavy (non-hydrogen) atoms. The van der Waals surface area contributed by atoms with Crippen molar-refractivity contribution in [1.82, 2.24) is 44.0 Å². The lowest BCUT2D eigenvalue weighted by Crippen LogP contribution is -2.30. The summed E-state index contributed by atoms with van der Waals surface area (Å²) in [5.41, 5.74) is 3.87. The summed E-state index contributed by atoms with van der Waals surface area (Å²) in [7, 11) is 3.72. The highest BCUT2D eigenvalue weighted by atomic mass is 16.5. The van der Waals surface area contributed by atoms with Crippen LogP contribution in [0.2, 0.25) is 0 Å². The Labute approximate surface area is 184 Å². The second-order valence-electron chi connectivity index (χ2n) is 7.99. The van der Waals surface area contributed by atoms with E-state index in [2.05, 4.69) is 27.1 Å². The lowest BCUT2D eigenvalue weighted by molar-refractivity contribution is 0.0771. The quantitative estimate of drug-likeness (QED) is 0.468. The van der Waals surface area contributed by atoms with Crippen molar-refractivity contribution in [2.24, 2.45) is 14.1 Å². The van der Waals surface area contributed by atoms with Gasteiger partial charge < -0.3 is 14.2 Å². The summed E-state index contributed by atoms with van der Waals surface area (Å²) in [5.74, 6) is 1.15. The van der Waals surface area contributed by atoms with E-state index in [1.54, 1.807) is 29.0 Å². The number of rotatable bonds is 5. The second kappa shape index (κ2) is 7.74. The third-order valence-corrected chi connectivity index (χ3v) is 5.93. The number of nitrogens with zero attached hydrogens (tertiary/aromatic N) is 9. The fraction of sp³-hybridized carbons (Fsp3) is 0.429. The molecule has 5 rings (SSSR count). The molecular formula is C21H25N9O2. The Hall–Kier alpha value is -3.76. The zero-order valence-electron chi connectivity index (χ0n) is 18.6. The molecule has 5 heterocycles. The van der Waals surface area contributed by atoms with Crippen LogP contribution < -0.4 is 4.74 Å². The molecule has 4 aromatic heterocycles. The number of hydrogen-bond donors (Lipinski definition) is 0. The first-order chi connectivity index (χ1) is 15.5. The predicted molar refractivity (Wildman–Crippen MR) is 116 cm³/mol. The highest BCUT2D eigenvalue weighted by Gasteiger charge is 2.30. The van der Waals surface area contributed by atoms with Crippen LogP contribution in [0, 0.1) is 6.92 Å². The van der Waals surface area contributed by atoms with Gasteiger partial charge in [-0.05, 0) is 13.8 Å². The van der Waals surface area contributed by atoms with Crippen LogP contribution in [0.3, 0.4) is 0 Å². The predicted octanol–water partition coefficient (Wildman–Crippen LogP) is 1.58. The maximum absolute atomic E-state index is 12.7. The van der Waals surface area contributed by atoms with E-state index in [0.717, 1.165) is 30.0 Å². The summed E-state index contributed by atoms with van der Waals surface area (Å²) >= 11 is 0. The van der Waals surface area contributed by atoms with Gasteiger partial charge >= 0.3 is 0 Å². The molecule has 1 aliphatic rings. The molecule has 11 nitrogen and oxygen atoms in total. The summed E-state index contributed by atoms with van der Waals surface area (Å²) in [6.45, 7) is 5.98. The SMILES string of the molecule is CCn1ncc(-c2nc3c(OC4CCN(C(=O)c5cnn(C)c5)C4)ncnc3n2C)c1C. The molecule has 0 saturated carbocycles. The minimum atomic E-state index is -0.163. The van der Waals surface area contributed by atoms with E-state index in [1.165, 1.54) is 6.33 Å². The van der Waals surface area contributed by atoms with Gasteiger partial charge in [-0.15, -0.1) is 0 Å². The third-order valence-electron chi connectivity index (χ3n) is 5.93. The normalized spacial score (nSPS) is 16.2. The molecule has 0 radical (unpaired) electrons. The molecule has 11 heteroatoms. The Morgan fingerprint density at radius 3 is 2.78 bits per heavy atom. The first kappa shape index (κ1) is 20.2. The molecule has 0 aromatic carbocycles. The lowest BCUT2D eigenvalue weighted by Gasteiger charge is -2.16. The van der Waals surface area contributed by atoms with Crippen LogP contribution in [0.15, 0.2) is 24.9 Å². The van der Waals surface area contributed by atoms with E-state index in [-0.39, 0.29) is 12.0 Å². The van der Waals surface area contributed by atoms with Gasteiger partial charge in [-0.2, -0.15) is 15.2 Å². The van der Waals surface area contributed by atoms with Crippen molar-refractivity contribution in [2.45, 2.75) is 32.9 Å². The van der Waals surface area contributed by atoms with Crippen LogP contribution in [-0.4, -0.2) is 69.1 Å². The average molecular weight is 435 g/mol. The first-order valence-corrected chi connectivity index (χ1v) is 10.6. The molecule has 1 amide bonds. The van der Waals surface area contributed by atoms with Crippen molar-refractivity contribution >= 4 is 17.1 Å². The van der Waals surface area contributed by atoms with Gasteiger partial charge in [0.25, 0.3) is 5.91 Å². The number of fused-ring (bicyclic) bond motifs is 1. The Morgan fingerprint density at radius 1 is 1.22 bits per heavy atom. The molecule has 0 spiro atoms. The maximum atomic E-state index is 12.7. The number of aromatic nitrogens is 8. The van der Waals surface area contributed by atoms with Gasteiger partial charge in [0.05, 0.1) is 30.1 Å². The van der Waals surface area contributed by atoms with E-state index in [0.29, 0.717) is 35.7 Å². The zero-order valence-corrected chi connectivity index (χ0v) is 18.6. The van der Waals surface area contributed by atoms with E-state index in [1.807, 2.05) is 29.4 Å². The summed E-state index contributed by atoms with van der Waals surface area (Å²) < 4.78 is 11.7. The Kier molecular flexibility index (Phi) is 4.87. The highest BCUT2D eigenvalue weighted by molar-refractivity contribution is 5.94. The van der Waals surface area contributed by atoms with Crippen LogP contribution in [0.25, 0.3) is 22.6 Å². The molecule has 0 bridgehead atoms. The van der Waals surface area contributed by atoms with E-state index < -0.39 is 0 Å². The number of carbonyl (C=O) groups excluding carboxylic acids is 1. The Morgan fingerprint density at radius 2 is 2.06 bits per heavy atom. The van der Waals surface area contributed by atoms with Crippen molar-refractivity contribution in [3.05, 3.63) is 36.2 Å². The van der Waals surface area contributed by atoms with Crippen molar-refractivity contribution < 1.29 is 9.53 Å². The third kappa shape index (κ3) is 3.29. The van der Waals surface area contributed by atoms with Crippen LogP contribution in [0.4, 0.5) is 0 Å². The van der Waals surface area contributed by atoms with Gasteiger partial charge in [0.2, 0.25) is 5.88 Å². The molecule has 1 saturated heterocycles. The minimum absolute atomic E-state index is 0.0411. The Balaban J connectivity index is 1.39. The smallest absolute Gasteiger partial charge is 0.257 e. The largest absolute Gasteiger partial charge is 0.471 e. The minimum Gasteiger partial charge on any atom is -0.471 e. The van der Waals surface area contributed by atoms with Crippen LogP contribution in [0.1, 0.15) is 29.4 Å². The topological polar surface area (TPSA) is 109 Å². The van der Waals surface area contributed by atoms with Crippen molar-refractivity contribution in [3.8, 4) is 17.3 Å². The first-order valence-electron chi connectivity index (χ1n) is 10.6. The summed E-state index contributed by atoms with van der Waals surface area (Å²) in [6.07, 6.45) is 7.18. The molecular weight excluding hydrogens is 410 g/mol. The fourth-order valence-corrected chi connectivity index (χ4v) is 4.17. The van der Waals surface area contributed by atoms with E-state index in [4.69, 9.17) is 9.72 Å². The van der Waals surface area contributed by atoms with Gasteiger partial charge in [0.1, 0.15) is 18.3 Å². The monoisotopic (exact) mass is 435 g/mol. The molecule has 1 fully saturated rings. The van der Waals surface area contributed by atoms with Crippen LogP contribution >= 0.6 is 0 Å². The lowest BCUT2D eigenvalue weighted by atomic mass is 10.2. The number of likely N-dealkylation sites (tertiary alicyclic amines) is 1. The zero-order chi connectivity index (χ0) is 22.4. The van der Waals surface area contributed by atoms with E-state index >= 15 is 0 Å². The van der Waals surface area contributed by atoms with Crippen LogP contribution in [0.5, 0.6) is 5.88 Å². The van der Waals surface area contributed by atoms with Gasteiger partial charge in [0, 0.05) is 45.5 Å². The summed E-state index contributed by atoms with van der Waals surface area (Å²) in [6, 6.07) is 0. The standard InChI is InChI=1S/C21H25N9O2/c1-5-30-13(2)16(9-25-30)18-26-17-19(28(18)4)22-12-23-20(17)32-15-6-7-29(11-15)21(31)14-8-24-27(3)10-14/h8-10,12,15H,5-7,11H2,1-4H3. The number of imidazole rings is 1. The second-order valence-corrected chi connectivity index (χ2v) is 7.99. The molecule has 1 aliphatic heterocycles. The highest BCUT2D eigenvalue weighted by Crippen LogP contribution is 2.30. The molecule has 1 atom stereocenters. The summed E-state index contributed by atoms with van der Waals surface area (Å²) in [4.78, 5) is 28.1. The number of ether oxygens (including phenoxy) is 1. The van der Waals surface area contributed by atoms with Gasteiger partial charge in [-0.1, -0.05) is 0 Å².